The average molecular weight is 291 g/mol. The number of rotatable bonds is 3. The van der Waals surface area contributed by atoms with E-state index in [1.807, 2.05) is 12.1 Å². The van der Waals surface area contributed by atoms with Crippen LogP contribution in [0.2, 0.25) is 0 Å². The molecule has 1 saturated heterocycles. The number of hydrogen-bond donors (Lipinski definition) is 1. The molecule has 0 amide bonds. The molecule has 0 bridgehead atoms. The molecule has 1 aromatic carbocycles. The van der Waals surface area contributed by atoms with Gasteiger partial charge in [-0.05, 0) is 17.9 Å². The first-order valence-electron chi connectivity index (χ1n) is 7.50. The molecule has 2 rings (SSSR count). The van der Waals surface area contributed by atoms with Crippen molar-refractivity contribution in [3.8, 4) is 0 Å². The van der Waals surface area contributed by atoms with Crippen molar-refractivity contribution in [1.82, 2.24) is 10.2 Å². The average Bonchev–Trinajstić information content (AvgIpc) is 2.40. The van der Waals surface area contributed by atoms with E-state index in [2.05, 4.69) is 31.0 Å². The third-order valence-electron chi connectivity index (χ3n) is 4.08. The Morgan fingerprint density at radius 3 is 2.43 bits per heavy atom. The van der Waals surface area contributed by atoms with Gasteiger partial charge in [-0.15, -0.1) is 0 Å². The molecular formula is C16H25N3O2. The molecule has 1 heterocycles. The van der Waals surface area contributed by atoms with Gasteiger partial charge in [0.1, 0.15) is 0 Å². The molecule has 5 heteroatoms. The van der Waals surface area contributed by atoms with Crippen LogP contribution < -0.4 is 5.32 Å². The minimum atomic E-state index is -0.281. The van der Waals surface area contributed by atoms with Gasteiger partial charge in [-0.3, -0.25) is 15.0 Å². The van der Waals surface area contributed by atoms with Crippen LogP contribution >= 0.6 is 0 Å². The Morgan fingerprint density at radius 1 is 1.29 bits per heavy atom. The van der Waals surface area contributed by atoms with Crippen LogP contribution in [0.25, 0.3) is 0 Å². The normalized spacial score (nSPS) is 18.5. The van der Waals surface area contributed by atoms with Crippen molar-refractivity contribution in [1.29, 1.82) is 0 Å². The van der Waals surface area contributed by atoms with Gasteiger partial charge in [-0.25, -0.2) is 0 Å². The minimum absolute atomic E-state index is 0.0282. The molecule has 1 fully saturated rings. The van der Waals surface area contributed by atoms with Gasteiger partial charge in [0.25, 0.3) is 5.69 Å². The second-order valence-corrected chi connectivity index (χ2v) is 6.86. The highest BCUT2D eigenvalue weighted by Crippen LogP contribution is 2.39. The third kappa shape index (κ3) is 3.60. The summed E-state index contributed by atoms with van der Waals surface area (Å²) in [5, 5.41) is 14.6. The molecule has 1 atom stereocenters. The molecule has 0 unspecified atom stereocenters. The molecule has 0 radical (unpaired) electrons. The quantitative estimate of drug-likeness (QED) is 0.687. The van der Waals surface area contributed by atoms with E-state index in [-0.39, 0.29) is 22.1 Å². The molecule has 0 saturated carbocycles. The molecule has 1 aromatic rings. The fourth-order valence-corrected chi connectivity index (χ4v) is 3.19. The highest BCUT2D eigenvalue weighted by Gasteiger charge is 2.33. The molecule has 0 spiro atoms. The van der Waals surface area contributed by atoms with Crippen LogP contribution in [0.1, 0.15) is 37.9 Å². The van der Waals surface area contributed by atoms with E-state index in [1.165, 1.54) is 0 Å². The first-order chi connectivity index (χ1) is 9.80. The Kier molecular flexibility index (Phi) is 4.64. The first kappa shape index (κ1) is 15.9. The number of nitrogens with one attached hydrogen (secondary N) is 1. The smallest absolute Gasteiger partial charge is 0.272 e. The van der Waals surface area contributed by atoms with E-state index in [1.54, 1.807) is 13.0 Å². The number of hydrogen-bond acceptors (Lipinski definition) is 4. The summed E-state index contributed by atoms with van der Waals surface area (Å²) in [7, 11) is 0. The monoisotopic (exact) mass is 291 g/mol. The van der Waals surface area contributed by atoms with E-state index < -0.39 is 0 Å². The predicted octanol–water partition coefficient (Wildman–Crippen LogP) is 2.90. The summed E-state index contributed by atoms with van der Waals surface area (Å²) in [6.45, 7) is 12.3. The summed E-state index contributed by atoms with van der Waals surface area (Å²) in [6, 6.07) is 5.86. The summed E-state index contributed by atoms with van der Waals surface area (Å²) in [4.78, 5) is 13.4. The van der Waals surface area contributed by atoms with E-state index in [0.29, 0.717) is 0 Å². The Hall–Kier alpha value is -1.46. The summed E-state index contributed by atoms with van der Waals surface area (Å²) >= 11 is 0. The zero-order valence-electron chi connectivity index (χ0n) is 13.3. The van der Waals surface area contributed by atoms with Gasteiger partial charge in [0.05, 0.1) is 4.92 Å². The van der Waals surface area contributed by atoms with Crippen LogP contribution in [-0.2, 0) is 0 Å². The van der Waals surface area contributed by atoms with E-state index >= 15 is 0 Å². The molecule has 1 aliphatic heterocycles. The van der Waals surface area contributed by atoms with Crippen molar-refractivity contribution in [2.24, 2.45) is 5.41 Å². The van der Waals surface area contributed by atoms with Gasteiger partial charge in [0.15, 0.2) is 0 Å². The van der Waals surface area contributed by atoms with Crippen LogP contribution in [0.3, 0.4) is 0 Å². The number of nitro benzene ring substituents is 1. The highest BCUT2D eigenvalue weighted by molar-refractivity contribution is 5.43. The third-order valence-corrected chi connectivity index (χ3v) is 4.08. The SMILES string of the molecule is Cc1ccc([C@H](N2CCNCC2)C(C)(C)C)cc1[N+](=O)[O-]. The molecule has 5 nitrogen and oxygen atoms in total. The van der Waals surface area contributed by atoms with Crippen molar-refractivity contribution in [3.63, 3.8) is 0 Å². The number of aryl methyl sites for hydroxylation is 1. The molecule has 116 valence electrons. The van der Waals surface area contributed by atoms with Crippen molar-refractivity contribution in [2.45, 2.75) is 33.7 Å². The van der Waals surface area contributed by atoms with Gasteiger partial charge in [-0.1, -0.05) is 32.9 Å². The second kappa shape index (κ2) is 6.12. The molecule has 21 heavy (non-hydrogen) atoms. The number of benzene rings is 1. The molecule has 0 aromatic heterocycles. The lowest BCUT2D eigenvalue weighted by Crippen LogP contribution is -2.48. The maximum Gasteiger partial charge on any atom is 0.272 e. The standard InChI is InChI=1S/C16H25N3O2/c1-12-5-6-13(11-14(12)19(20)21)15(16(2,3)4)18-9-7-17-8-10-18/h5-6,11,15,17H,7-10H2,1-4H3/t15-/m0/s1. The zero-order valence-corrected chi connectivity index (χ0v) is 13.3. The topological polar surface area (TPSA) is 58.4 Å². The van der Waals surface area contributed by atoms with Crippen LogP contribution in [0, 0.1) is 22.5 Å². The Bertz CT molecular complexity index is 517. The van der Waals surface area contributed by atoms with Crippen LogP contribution in [-0.4, -0.2) is 36.0 Å². The van der Waals surface area contributed by atoms with Crippen molar-refractivity contribution < 1.29 is 4.92 Å². The summed E-state index contributed by atoms with van der Waals surface area (Å²) in [5.74, 6) is 0. The Labute approximate surface area is 126 Å². The Balaban J connectivity index is 2.41. The minimum Gasteiger partial charge on any atom is -0.314 e. The van der Waals surface area contributed by atoms with Gasteiger partial charge in [-0.2, -0.15) is 0 Å². The fourth-order valence-electron chi connectivity index (χ4n) is 3.19. The molecular weight excluding hydrogens is 266 g/mol. The molecule has 1 aliphatic rings. The first-order valence-corrected chi connectivity index (χ1v) is 7.50. The lowest BCUT2D eigenvalue weighted by molar-refractivity contribution is -0.385. The van der Waals surface area contributed by atoms with Crippen molar-refractivity contribution in [3.05, 3.63) is 39.4 Å². The van der Waals surface area contributed by atoms with Gasteiger partial charge in [0, 0.05) is 43.9 Å². The summed E-state index contributed by atoms with van der Waals surface area (Å²) in [6.07, 6.45) is 0. The summed E-state index contributed by atoms with van der Waals surface area (Å²) < 4.78 is 0. The van der Waals surface area contributed by atoms with Crippen LogP contribution in [0.15, 0.2) is 18.2 Å². The lowest BCUT2D eigenvalue weighted by atomic mass is 9.80. The van der Waals surface area contributed by atoms with Crippen LogP contribution in [0.5, 0.6) is 0 Å². The molecule has 1 N–H and O–H groups in total. The van der Waals surface area contributed by atoms with Gasteiger partial charge < -0.3 is 5.32 Å². The van der Waals surface area contributed by atoms with Gasteiger partial charge >= 0.3 is 0 Å². The number of nitrogens with zero attached hydrogens (tertiary/aromatic N) is 2. The van der Waals surface area contributed by atoms with E-state index in [4.69, 9.17) is 0 Å². The zero-order chi connectivity index (χ0) is 15.6. The number of piperazine rings is 1. The predicted molar refractivity (Wildman–Crippen MR) is 84.5 cm³/mol. The fraction of sp³-hybridized carbons (Fsp3) is 0.625. The van der Waals surface area contributed by atoms with Crippen LogP contribution in [0.4, 0.5) is 5.69 Å². The van der Waals surface area contributed by atoms with E-state index in [0.717, 1.165) is 37.3 Å². The largest absolute Gasteiger partial charge is 0.314 e. The Morgan fingerprint density at radius 2 is 1.90 bits per heavy atom. The summed E-state index contributed by atoms with van der Waals surface area (Å²) in [5.41, 5.74) is 2.01. The van der Waals surface area contributed by atoms with Gasteiger partial charge in [0.2, 0.25) is 0 Å². The van der Waals surface area contributed by atoms with E-state index in [9.17, 15) is 10.1 Å². The van der Waals surface area contributed by atoms with Crippen molar-refractivity contribution >= 4 is 5.69 Å². The molecule has 0 aliphatic carbocycles. The highest BCUT2D eigenvalue weighted by atomic mass is 16.6. The number of nitro groups is 1. The second-order valence-electron chi connectivity index (χ2n) is 6.86. The lowest BCUT2D eigenvalue weighted by Gasteiger charge is -2.42. The maximum absolute atomic E-state index is 11.2. The maximum atomic E-state index is 11.2. The van der Waals surface area contributed by atoms with Crippen molar-refractivity contribution in [2.75, 3.05) is 26.2 Å².